The van der Waals surface area contributed by atoms with Crippen LogP contribution in [0.5, 0.6) is 0 Å². The zero-order chi connectivity index (χ0) is 22.7. The van der Waals surface area contributed by atoms with E-state index in [1.165, 1.54) is 5.56 Å². The van der Waals surface area contributed by atoms with Gasteiger partial charge in [-0.15, -0.1) is 0 Å². The van der Waals surface area contributed by atoms with Crippen LogP contribution in [0.25, 0.3) is 22.2 Å². The first-order valence-electron chi connectivity index (χ1n) is 11.4. The molecule has 1 saturated heterocycles. The highest BCUT2D eigenvalue weighted by atomic mass is 16.3. The topological polar surface area (TPSA) is 66.3 Å². The Morgan fingerprint density at radius 2 is 1.85 bits per heavy atom. The van der Waals surface area contributed by atoms with Crippen LogP contribution in [0.4, 0.5) is 0 Å². The molecule has 1 amide bonds. The van der Waals surface area contributed by atoms with E-state index >= 15 is 0 Å². The molecule has 1 fully saturated rings. The number of benzene rings is 2. The summed E-state index contributed by atoms with van der Waals surface area (Å²) in [5.41, 5.74) is 3.91. The third-order valence-electron chi connectivity index (χ3n) is 6.61. The lowest BCUT2D eigenvalue weighted by Crippen LogP contribution is -2.49. The predicted octanol–water partition coefficient (Wildman–Crippen LogP) is 4.75. The van der Waals surface area contributed by atoms with Crippen LogP contribution < -0.4 is 0 Å². The van der Waals surface area contributed by atoms with E-state index in [0.29, 0.717) is 18.7 Å². The fourth-order valence-electron chi connectivity index (χ4n) is 4.92. The summed E-state index contributed by atoms with van der Waals surface area (Å²) in [5.74, 6) is -0.00988. The largest absolute Gasteiger partial charge is 0.396 e. The van der Waals surface area contributed by atoms with Crippen LogP contribution >= 0.6 is 0 Å². The quantitative estimate of drug-likeness (QED) is 0.489. The average Bonchev–Trinajstić information content (AvgIpc) is 2.89. The molecule has 0 radical (unpaired) electrons. The van der Waals surface area contributed by atoms with Gasteiger partial charge in [0.2, 0.25) is 0 Å². The van der Waals surface area contributed by atoms with Crippen LogP contribution in [-0.2, 0) is 6.42 Å². The van der Waals surface area contributed by atoms with Crippen LogP contribution in [0.3, 0.4) is 0 Å². The molecule has 0 saturated carbocycles. The van der Waals surface area contributed by atoms with Crippen LogP contribution in [0.2, 0.25) is 0 Å². The van der Waals surface area contributed by atoms with Crippen LogP contribution in [-0.4, -0.2) is 45.6 Å². The minimum Gasteiger partial charge on any atom is -0.396 e. The zero-order valence-corrected chi connectivity index (χ0v) is 18.5. The summed E-state index contributed by atoms with van der Waals surface area (Å²) in [6.07, 6.45) is 6.03. The van der Waals surface area contributed by atoms with E-state index in [4.69, 9.17) is 4.98 Å². The number of hydrogen-bond acceptors (Lipinski definition) is 4. The molecule has 1 aliphatic heterocycles. The van der Waals surface area contributed by atoms with Gasteiger partial charge in [0.15, 0.2) is 0 Å². The maximum Gasteiger partial charge on any atom is 0.254 e. The summed E-state index contributed by atoms with van der Waals surface area (Å²) in [7, 11) is 0. The lowest BCUT2D eigenvalue weighted by molar-refractivity contribution is 0.0273. The molecular formula is C28H27N3O2. The van der Waals surface area contributed by atoms with Gasteiger partial charge >= 0.3 is 0 Å². The van der Waals surface area contributed by atoms with Crippen LogP contribution in [0, 0.1) is 5.41 Å². The van der Waals surface area contributed by atoms with Gasteiger partial charge in [-0.1, -0.05) is 48.5 Å². The fraction of sp³-hybridized carbons (Fsp3) is 0.250. The second-order valence-corrected chi connectivity index (χ2v) is 8.96. The first kappa shape index (κ1) is 21.3. The van der Waals surface area contributed by atoms with E-state index in [1.54, 1.807) is 12.4 Å². The lowest BCUT2D eigenvalue weighted by atomic mass is 9.75. The molecule has 33 heavy (non-hydrogen) atoms. The number of carbonyl (C=O) groups is 1. The summed E-state index contributed by atoms with van der Waals surface area (Å²) in [4.78, 5) is 24.8. The molecule has 5 nitrogen and oxygen atoms in total. The first-order chi connectivity index (χ1) is 16.2. The molecule has 2 aromatic carbocycles. The average molecular weight is 438 g/mol. The van der Waals surface area contributed by atoms with Gasteiger partial charge in [0, 0.05) is 41.8 Å². The van der Waals surface area contributed by atoms with Gasteiger partial charge in [0.25, 0.3) is 5.91 Å². The monoisotopic (exact) mass is 437 g/mol. The van der Waals surface area contributed by atoms with Crippen molar-refractivity contribution < 1.29 is 9.90 Å². The van der Waals surface area contributed by atoms with E-state index in [0.717, 1.165) is 41.4 Å². The zero-order valence-electron chi connectivity index (χ0n) is 18.5. The number of pyridine rings is 2. The standard InChI is InChI=1S/C28H27N3O2/c32-20-28(17-21-8-2-1-3-9-21)13-7-15-31(19-28)27(33)24-16-26(22-10-6-14-29-18-22)30-25-12-5-4-11-23(24)25/h1-6,8-12,14,16,18,32H,7,13,15,17,19-20H2/t28-/m1/s1. The Hall–Kier alpha value is -3.57. The number of fused-ring (bicyclic) bond motifs is 1. The minimum atomic E-state index is -0.329. The van der Waals surface area contributed by atoms with Crippen molar-refractivity contribution in [1.82, 2.24) is 14.9 Å². The highest BCUT2D eigenvalue weighted by Crippen LogP contribution is 2.35. The van der Waals surface area contributed by atoms with Crippen molar-refractivity contribution in [3.8, 4) is 11.3 Å². The predicted molar refractivity (Wildman–Crippen MR) is 130 cm³/mol. The lowest BCUT2D eigenvalue weighted by Gasteiger charge is -2.42. The SMILES string of the molecule is O=C(c1cc(-c2cccnc2)nc2ccccc12)N1CCC[C@@](CO)(Cc2ccccc2)C1. The number of aliphatic hydroxyl groups excluding tert-OH is 1. The number of piperidine rings is 1. The highest BCUT2D eigenvalue weighted by molar-refractivity contribution is 6.07. The number of aliphatic hydroxyl groups is 1. The molecule has 1 aliphatic rings. The van der Waals surface area contributed by atoms with Crippen LogP contribution in [0.1, 0.15) is 28.8 Å². The fourth-order valence-corrected chi connectivity index (χ4v) is 4.92. The number of hydrogen-bond donors (Lipinski definition) is 1. The number of carbonyl (C=O) groups excluding carboxylic acids is 1. The molecule has 3 heterocycles. The number of amides is 1. The highest BCUT2D eigenvalue weighted by Gasteiger charge is 2.37. The second-order valence-electron chi connectivity index (χ2n) is 8.96. The molecule has 0 bridgehead atoms. The van der Waals surface area contributed by atoms with Crippen molar-refractivity contribution in [2.24, 2.45) is 5.41 Å². The number of likely N-dealkylation sites (tertiary alicyclic amines) is 1. The van der Waals surface area contributed by atoms with Crippen molar-refractivity contribution in [1.29, 1.82) is 0 Å². The minimum absolute atomic E-state index is 0.00988. The number of aromatic nitrogens is 2. The van der Waals surface area contributed by atoms with Gasteiger partial charge in [0.05, 0.1) is 23.4 Å². The molecule has 166 valence electrons. The Morgan fingerprint density at radius 1 is 1.03 bits per heavy atom. The summed E-state index contributed by atoms with van der Waals surface area (Å²) in [6.45, 7) is 1.29. The van der Waals surface area contributed by atoms with Crippen molar-refractivity contribution >= 4 is 16.8 Å². The molecule has 1 N–H and O–H groups in total. The maximum absolute atomic E-state index is 13.9. The van der Waals surface area contributed by atoms with E-state index in [2.05, 4.69) is 17.1 Å². The Labute approximate surface area is 193 Å². The van der Waals surface area contributed by atoms with E-state index < -0.39 is 0 Å². The maximum atomic E-state index is 13.9. The van der Waals surface area contributed by atoms with Gasteiger partial charge in [0.1, 0.15) is 0 Å². The van der Waals surface area contributed by atoms with Crippen LogP contribution in [0.15, 0.2) is 85.2 Å². The summed E-state index contributed by atoms with van der Waals surface area (Å²) in [6, 6.07) is 23.7. The van der Waals surface area contributed by atoms with Gasteiger partial charge in [-0.3, -0.25) is 9.78 Å². The Bertz CT molecular complexity index is 1260. The Kier molecular flexibility index (Phi) is 5.88. The molecule has 2 aromatic heterocycles. The van der Waals surface area contributed by atoms with Gasteiger partial charge in [-0.25, -0.2) is 4.98 Å². The summed E-state index contributed by atoms with van der Waals surface area (Å²) >= 11 is 0. The summed E-state index contributed by atoms with van der Waals surface area (Å²) < 4.78 is 0. The molecule has 4 aromatic rings. The van der Waals surface area contributed by atoms with Crippen molar-refractivity contribution in [3.05, 3.63) is 96.3 Å². The molecule has 1 atom stereocenters. The molecule has 0 aliphatic carbocycles. The van der Waals surface area contributed by atoms with Crippen molar-refractivity contribution in [3.63, 3.8) is 0 Å². The molecular weight excluding hydrogens is 410 g/mol. The van der Waals surface area contributed by atoms with E-state index in [-0.39, 0.29) is 17.9 Å². The van der Waals surface area contributed by atoms with Crippen molar-refractivity contribution in [2.75, 3.05) is 19.7 Å². The molecule has 5 heteroatoms. The number of para-hydroxylation sites is 1. The van der Waals surface area contributed by atoms with Gasteiger partial charge in [-0.05, 0) is 49.1 Å². The second kappa shape index (κ2) is 9.12. The molecule has 0 spiro atoms. The first-order valence-corrected chi connectivity index (χ1v) is 11.4. The number of rotatable bonds is 5. The number of nitrogens with zero attached hydrogens (tertiary/aromatic N) is 3. The molecule has 0 unspecified atom stereocenters. The third kappa shape index (κ3) is 4.37. The van der Waals surface area contributed by atoms with Gasteiger partial charge in [-0.2, -0.15) is 0 Å². The van der Waals surface area contributed by atoms with Gasteiger partial charge < -0.3 is 10.0 Å². The summed E-state index contributed by atoms with van der Waals surface area (Å²) in [5, 5.41) is 11.2. The van der Waals surface area contributed by atoms with E-state index in [9.17, 15) is 9.90 Å². The molecule has 5 rings (SSSR count). The normalized spacial score (nSPS) is 18.4. The van der Waals surface area contributed by atoms with E-state index in [1.807, 2.05) is 65.6 Å². The third-order valence-corrected chi connectivity index (χ3v) is 6.61. The van der Waals surface area contributed by atoms with Crippen molar-refractivity contribution in [2.45, 2.75) is 19.3 Å². The Morgan fingerprint density at radius 3 is 2.64 bits per heavy atom. The Balaban J connectivity index is 1.50. The smallest absolute Gasteiger partial charge is 0.254 e.